The molecule has 0 aliphatic heterocycles. The molecular weight excluding hydrogens is 226 g/mol. The number of pyridine rings is 1. The number of nitrogen functional groups attached to an aromatic ring is 1. The smallest absolute Gasteiger partial charge is 0.152 e. The van der Waals surface area contributed by atoms with Crippen LogP contribution >= 0.6 is 0 Å². The Hall–Kier alpha value is -2.23. The molecule has 2 rings (SSSR count). The number of hydrogen-bond acceptors (Lipinski definition) is 4. The zero-order chi connectivity index (χ0) is 13.1. The second kappa shape index (κ2) is 4.96. The van der Waals surface area contributed by atoms with Gasteiger partial charge in [-0.3, -0.25) is 4.98 Å². The van der Waals surface area contributed by atoms with E-state index in [1.54, 1.807) is 12.4 Å². The van der Waals surface area contributed by atoms with E-state index in [0.29, 0.717) is 11.4 Å². The SMILES string of the molecule is Cc1cnccc1Oc1cc(N(C)C)ccc1N. The molecule has 0 aliphatic carbocycles. The maximum Gasteiger partial charge on any atom is 0.152 e. The summed E-state index contributed by atoms with van der Waals surface area (Å²) in [6.45, 7) is 1.95. The summed E-state index contributed by atoms with van der Waals surface area (Å²) in [5.41, 5.74) is 8.58. The Balaban J connectivity index is 2.34. The average molecular weight is 243 g/mol. The van der Waals surface area contributed by atoms with E-state index >= 15 is 0 Å². The van der Waals surface area contributed by atoms with Crippen LogP contribution in [0.15, 0.2) is 36.7 Å². The van der Waals surface area contributed by atoms with Crippen molar-refractivity contribution in [3.05, 3.63) is 42.2 Å². The molecule has 4 heteroatoms. The Bertz CT molecular complexity index is 552. The monoisotopic (exact) mass is 243 g/mol. The summed E-state index contributed by atoms with van der Waals surface area (Å²) in [5, 5.41) is 0. The molecule has 0 aliphatic rings. The van der Waals surface area contributed by atoms with Crippen LogP contribution in [0.4, 0.5) is 11.4 Å². The molecule has 1 aromatic heterocycles. The highest BCUT2D eigenvalue weighted by molar-refractivity contribution is 5.63. The van der Waals surface area contributed by atoms with Gasteiger partial charge in [-0.2, -0.15) is 0 Å². The predicted molar refractivity (Wildman–Crippen MR) is 74.2 cm³/mol. The fourth-order valence-corrected chi connectivity index (χ4v) is 1.58. The molecule has 2 aromatic rings. The number of nitrogens with two attached hydrogens (primary N) is 1. The molecule has 0 fully saturated rings. The molecule has 0 amide bonds. The van der Waals surface area contributed by atoms with Crippen molar-refractivity contribution in [1.82, 2.24) is 4.98 Å². The second-order valence-electron chi connectivity index (χ2n) is 4.36. The highest BCUT2D eigenvalue weighted by atomic mass is 16.5. The Labute approximate surface area is 107 Å². The summed E-state index contributed by atoms with van der Waals surface area (Å²) < 4.78 is 5.84. The predicted octanol–water partition coefficient (Wildman–Crippen LogP) is 2.83. The molecule has 0 spiro atoms. The topological polar surface area (TPSA) is 51.4 Å². The van der Waals surface area contributed by atoms with Gasteiger partial charge in [0.05, 0.1) is 5.69 Å². The van der Waals surface area contributed by atoms with E-state index in [1.807, 2.05) is 50.2 Å². The number of hydrogen-bond donors (Lipinski definition) is 1. The van der Waals surface area contributed by atoms with E-state index in [1.165, 1.54) is 0 Å². The lowest BCUT2D eigenvalue weighted by molar-refractivity contribution is 0.480. The summed E-state index contributed by atoms with van der Waals surface area (Å²) in [5.74, 6) is 1.43. The lowest BCUT2D eigenvalue weighted by Crippen LogP contribution is -2.08. The van der Waals surface area contributed by atoms with Gasteiger partial charge in [0, 0.05) is 43.8 Å². The first kappa shape index (κ1) is 12.2. The van der Waals surface area contributed by atoms with Gasteiger partial charge in [-0.25, -0.2) is 0 Å². The number of nitrogens with zero attached hydrogens (tertiary/aromatic N) is 2. The largest absolute Gasteiger partial charge is 0.455 e. The van der Waals surface area contributed by atoms with Gasteiger partial charge >= 0.3 is 0 Å². The van der Waals surface area contributed by atoms with Crippen molar-refractivity contribution in [2.45, 2.75) is 6.92 Å². The first-order chi connectivity index (χ1) is 8.58. The van der Waals surface area contributed by atoms with Crippen LogP contribution in [0.1, 0.15) is 5.56 Å². The molecule has 0 bridgehead atoms. The fraction of sp³-hybridized carbons (Fsp3) is 0.214. The maximum absolute atomic E-state index is 5.93. The van der Waals surface area contributed by atoms with Gasteiger partial charge in [0.15, 0.2) is 5.75 Å². The molecule has 2 N–H and O–H groups in total. The summed E-state index contributed by atoms with van der Waals surface area (Å²) in [6, 6.07) is 7.56. The van der Waals surface area contributed by atoms with Crippen molar-refractivity contribution in [3.8, 4) is 11.5 Å². The number of benzene rings is 1. The van der Waals surface area contributed by atoms with Gasteiger partial charge in [0.1, 0.15) is 5.75 Å². The zero-order valence-corrected chi connectivity index (χ0v) is 10.8. The molecule has 1 aromatic carbocycles. The lowest BCUT2D eigenvalue weighted by atomic mass is 10.2. The Morgan fingerprint density at radius 2 is 1.94 bits per heavy atom. The first-order valence-electron chi connectivity index (χ1n) is 5.73. The number of anilines is 2. The molecule has 0 atom stereocenters. The van der Waals surface area contributed by atoms with Gasteiger partial charge in [0.2, 0.25) is 0 Å². The van der Waals surface area contributed by atoms with E-state index in [2.05, 4.69) is 4.98 Å². The van der Waals surface area contributed by atoms with Gasteiger partial charge in [-0.1, -0.05) is 0 Å². The van der Waals surface area contributed by atoms with E-state index in [0.717, 1.165) is 17.0 Å². The fourth-order valence-electron chi connectivity index (χ4n) is 1.58. The maximum atomic E-state index is 5.93. The minimum atomic E-state index is 0.622. The van der Waals surface area contributed by atoms with E-state index in [4.69, 9.17) is 10.5 Å². The second-order valence-corrected chi connectivity index (χ2v) is 4.36. The summed E-state index contributed by atoms with van der Waals surface area (Å²) in [7, 11) is 3.96. The normalized spacial score (nSPS) is 10.2. The molecule has 1 heterocycles. The average Bonchev–Trinajstić information content (AvgIpc) is 2.34. The molecule has 18 heavy (non-hydrogen) atoms. The molecule has 0 saturated carbocycles. The van der Waals surface area contributed by atoms with Crippen molar-refractivity contribution in [3.63, 3.8) is 0 Å². The van der Waals surface area contributed by atoms with Crippen LogP contribution in [0.25, 0.3) is 0 Å². The number of aromatic nitrogens is 1. The zero-order valence-electron chi connectivity index (χ0n) is 10.8. The van der Waals surface area contributed by atoms with Crippen LogP contribution in [0, 0.1) is 6.92 Å². The minimum Gasteiger partial charge on any atom is -0.455 e. The Kier molecular flexibility index (Phi) is 3.37. The highest BCUT2D eigenvalue weighted by Crippen LogP contribution is 2.32. The molecular formula is C14H17N3O. The number of aryl methyl sites for hydroxylation is 1. The Morgan fingerprint density at radius 3 is 2.61 bits per heavy atom. The Morgan fingerprint density at radius 1 is 1.17 bits per heavy atom. The van der Waals surface area contributed by atoms with E-state index in [-0.39, 0.29) is 0 Å². The summed E-state index contributed by atoms with van der Waals surface area (Å²) in [4.78, 5) is 6.04. The van der Waals surface area contributed by atoms with E-state index in [9.17, 15) is 0 Å². The van der Waals surface area contributed by atoms with Gasteiger partial charge in [-0.15, -0.1) is 0 Å². The van der Waals surface area contributed by atoms with Crippen LogP contribution in [-0.4, -0.2) is 19.1 Å². The van der Waals surface area contributed by atoms with Gasteiger partial charge < -0.3 is 15.4 Å². The third-order valence-corrected chi connectivity index (χ3v) is 2.70. The van der Waals surface area contributed by atoms with Crippen LogP contribution in [0.5, 0.6) is 11.5 Å². The van der Waals surface area contributed by atoms with Crippen molar-refractivity contribution in [1.29, 1.82) is 0 Å². The van der Waals surface area contributed by atoms with Gasteiger partial charge in [-0.05, 0) is 25.1 Å². The summed E-state index contributed by atoms with van der Waals surface area (Å²) in [6.07, 6.45) is 3.47. The molecule has 94 valence electrons. The quantitative estimate of drug-likeness (QED) is 0.842. The van der Waals surface area contributed by atoms with Crippen molar-refractivity contribution in [2.75, 3.05) is 24.7 Å². The highest BCUT2D eigenvalue weighted by Gasteiger charge is 2.06. The number of rotatable bonds is 3. The van der Waals surface area contributed by atoms with Crippen molar-refractivity contribution >= 4 is 11.4 Å². The van der Waals surface area contributed by atoms with Crippen LogP contribution in [0.2, 0.25) is 0 Å². The molecule has 0 saturated heterocycles. The molecule has 4 nitrogen and oxygen atoms in total. The third-order valence-electron chi connectivity index (χ3n) is 2.70. The van der Waals surface area contributed by atoms with Crippen LogP contribution < -0.4 is 15.4 Å². The first-order valence-corrected chi connectivity index (χ1v) is 5.73. The van der Waals surface area contributed by atoms with Gasteiger partial charge in [0.25, 0.3) is 0 Å². The molecule has 0 radical (unpaired) electrons. The van der Waals surface area contributed by atoms with Crippen molar-refractivity contribution in [2.24, 2.45) is 0 Å². The standard InChI is InChI=1S/C14H17N3O/c1-10-9-16-7-6-13(10)18-14-8-11(17(2)3)4-5-12(14)15/h4-9H,15H2,1-3H3. The van der Waals surface area contributed by atoms with Crippen LogP contribution in [-0.2, 0) is 0 Å². The van der Waals surface area contributed by atoms with Crippen LogP contribution in [0.3, 0.4) is 0 Å². The molecule has 0 unspecified atom stereocenters. The third kappa shape index (κ3) is 2.53. The minimum absolute atomic E-state index is 0.622. The van der Waals surface area contributed by atoms with E-state index < -0.39 is 0 Å². The van der Waals surface area contributed by atoms with Crippen molar-refractivity contribution < 1.29 is 4.74 Å². The lowest BCUT2D eigenvalue weighted by Gasteiger charge is -2.16. The summed E-state index contributed by atoms with van der Waals surface area (Å²) >= 11 is 0. The number of ether oxygens (including phenoxy) is 1.